The molecule has 0 unspecified atom stereocenters. The van der Waals surface area contributed by atoms with Gasteiger partial charge < -0.3 is 4.74 Å². The molecule has 0 fully saturated rings. The first-order valence-electron chi connectivity index (χ1n) is 6.64. The molecule has 0 spiro atoms. The minimum Gasteiger partial charge on any atom is -0.472 e. The number of hydrogen-bond acceptors (Lipinski definition) is 2. The van der Waals surface area contributed by atoms with Gasteiger partial charge in [0.25, 0.3) is 0 Å². The van der Waals surface area contributed by atoms with Gasteiger partial charge in [-0.05, 0) is 29.7 Å². The SMILES string of the molecule is CC(C)c1ccc(C2=Nc3ccccc3CO2)cc1. The van der Waals surface area contributed by atoms with Gasteiger partial charge >= 0.3 is 0 Å². The maximum atomic E-state index is 5.74. The van der Waals surface area contributed by atoms with Crippen molar-refractivity contribution in [3.63, 3.8) is 0 Å². The van der Waals surface area contributed by atoms with Crippen LogP contribution >= 0.6 is 0 Å². The molecule has 0 atom stereocenters. The Morgan fingerprint density at radius 3 is 2.47 bits per heavy atom. The quantitative estimate of drug-likeness (QED) is 0.774. The van der Waals surface area contributed by atoms with E-state index in [1.165, 1.54) is 5.56 Å². The van der Waals surface area contributed by atoms with Crippen LogP contribution < -0.4 is 0 Å². The van der Waals surface area contributed by atoms with Crippen molar-refractivity contribution in [2.45, 2.75) is 26.4 Å². The first kappa shape index (κ1) is 12.0. The van der Waals surface area contributed by atoms with Gasteiger partial charge in [-0.2, -0.15) is 0 Å². The zero-order valence-corrected chi connectivity index (χ0v) is 11.3. The lowest BCUT2D eigenvalue weighted by molar-refractivity contribution is 0.288. The van der Waals surface area contributed by atoms with Crippen molar-refractivity contribution in [1.29, 1.82) is 0 Å². The van der Waals surface area contributed by atoms with Gasteiger partial charge in [0.15, 0.2) is 0 Å². The van der Waals surface area contributed by atoms with Crippen molar-refractivity contribution in [2.75, 3.05) is 0 Å². The summed E-state index contributed by atoms with van der Waals surface area (Å²) in [4.78, 5) is 4.58. The Kier molecular flexibility index (Phi) is 3.08. The third-order valence-electron chi connectivity index (χ3n) is 3.40. The van der Waals surface area contributed by atoms with E-state index < -0.39 is 0 Å². The van der Waals surface area contributed by atoms with Gasteiger partial charge in [0.1, 0.15) is 6.61 Å². The molecule has 0 aliphatic carbocycles. The van der Waals surface area contributed by atoms with Crippen molar-refractivity contribution in [1.82, 2.24) is 0 Å². The van der Waals surface area contributed by atoms with Gasteiger partial charge in [-0.15, -0.1) is 0 Å². The highest BCUT2D eigenvalue weighted by atomic mass is 16.5. The molecule has 0 radical (unpaired) electrons. The molecule has 1 aliphatic heterocycles. The lowest BCUT2D eigenvalue weighted by Crippen LogP contribution is -2.11. The first-order valence-corrected chi connectivity index (χ1v) is 6.64. The van der Waals surface area contributed by atoms with Crippen molar-refractivity contribution in [3.05, 3.63) is 65.2 Å². The van der Waals surface area contributed by atoms with Crippen LogP contribution in [0.25, 0.3) is 0 Å². The third kappa shape index (κ3) is 2.39. The van der Waals surface area contributed by atoms with E-state index in [0.717, 1.165) is 16.8 Å². The smallest absolute Gasteiger partial charge is 0.221 e. The number of aliphatic imine (C=N–C) groups is 1. The van der Waals surface area contributed by atoms with Crippen molar-refractivity contribution in [2.24, 2.45) is 4.99 Å². The van der Waals surface area contributed by atoms with Crippen molar-refractivity contribution in [3.8, 4) is 0 Å². The Hall–Kier alpha value is -2.09. The van der Waals surface area contributed by atoms with Crippen LogP contribution in [0, 0.1) is 0 Å². The van der Waals surface area contributed by atoms with Gasteiger partial charge in [0.2, 0.25) is 5.90 Å². The summed E-state index contributed by atoms with van der Waals surface area (Å²) in [5, 5.41) is 0. The molecule has 1 heterocycles. The van der Waals surface area contributed by atoms with Gasteiger partial charge in [-0.25, -0.2) is 4.99 Å². The first-order chi connectivity index (χ1) is 9.24. The fourth-order valence-electron chi connectivity index (χ4n) is 2.19. The molecule has 96 valence electrons. The molecule has 0 amide bonds. The predicted molar refractivity (Wildman–Crippen MR) is 78.0 cm³/mol. The molecule has 0 saturated carbocycles. The van der Waals surface area contributed by atoms with Crippen LogP contribution in [0.5, 0.6) is 0 Å². The molecule has 2 aromatic rings. The number of para-hydroxylation sites is 1. The fraction of sp³-hybridized carbons (Fsp3) is 0.235. The number of benzene rings is 2. The Morgan fingerprint density at radius 1 is 1.00 bits per heavy atom. The summed E-state index contributed by atoms with van der Waals surface area (Å²) in [6.45, 7) is 4.99. The predicted octanol–water partition coefficient (Wildman–Crippen LogP) is 4.42. The Morgan fingerprint density at radius 2 is 1.74 bits per heavy atom. The minimum absolute atomic E-state index is 0.545. The fourth-order valence-corrected chi connectivity index (χ4v) is 2.19. The van der Waals surface area contributed by atoms with E-state index in [2.05, 4.69) is 49.2 Å². The van der Waals surface area contributed by atoms with Gasteiger partial charge in [-0.3, -0.25) is 0 Å². The largest absolute Gasteiger partial charge is 0.472 e. The molecule has 19 heavy (non-hydrogen) atoms. The Balaban J connectivity index is 1.93. The molecule has 0 N–H and O–H groups in total. The molecule has 3 rings (SSSR count). The van der Waals surface area contributed by atoms with Crippen LogP contribution in [0.2, 0.25) is 0 Å². The van der Waals surface area contributed by atoms with E-state index in [1.807, 2.05) is 18.2 Å². The van der Waals surface area contributed by atoms with E-state index in [4.69, 9.17) is 4.74 Å². The maximum Gasteiger partial charge on any atom is 0.221 e. The van der Waals surface area contributed by atoms with E-state index in [1.54, 1.807) is 0 Å². The third-order valence-corrected chi connectivity index (χ3v) is 3.40. The summed E-state index contributed by atoms with van der Waals surface area (Å²) >= 11 is 0. The van der Waals surface area contributed by atoms with Crippen LogP contribution in [0.3, 0.4) is 0 Å². The van der Waals surface area contributed by atoms with E-state index in [0.29, 0.717) is 18.4 Å². The zero-order valence-electron chi connectivity index (χ0n) is 11.3. The van der Waals surface area contributed by atoms with Gasteiger partial charge in [0.05, 0.1) is 5.69 Å². The van der Waals surface area contributed by atoms with Crippen molar-refractivity contribution < 1.29 is 4.74 Å². The van der Waals surface area contributed by atoms with E-state index in [9.17, 15) is 0 Å². The summed E-state index contributed by atoms with van der Waals surface area (Å²) < 4.78 is 5.74. The number of hydrogen-bond donors (Lipinski definition) is 0. The molecule has 2 nitrogen and oxygen atoms in total. The second kappa shape index (κ2) is 4.88. The van der Waals surface area contributed by atoms with Gasteiger partial charge in [0, 0.05) is 11.1 Å². The summed E-state index contributed by atoms with van der Waals surface area (Å²) in [6, 6.07) is 16.6. The highest BCUT2D eigenvalue weighted by Crippen LogP contribution is 2.26. The number of nitrogens with zero attached hydrogens (tertiary/aromatic N) is 1. The molecular weight excluding hydrogens is 234 g/mol. The second-order valence-corrected chi connectivity index (χ2v) is 5.11. The molecule has 0 saturated heterocycles. The number of fused-ring (bicyclic) bond motifs is 1. The molecule has 2 aromatic carbocycles. The van der Waals surface area contributed by atoms with Gasteiger partial charge in [-0.1, -0.05) is 44.2 Å². The van der Waals surface area contributed by atoms with Crippen LogP contribution in [-0.4, -0.2) is 5.90 Å². The number of ether oxygens (including phenoxy) is 1. The second-order valence-electron chi connectivity index (χ2n) is 5.11. The average Bonchev–Trinajstić information content (AvgIpc) is 2.47. The van der Waals surface area contributed by atoms with Crippen molar-refractivity contribution >= 4 is 11.6 Å². The Bertz CT molecular complexity index is 611. The minimum atomic E-state index is 0.545. The zero-order chi connectivity index (χ0) is 13.2. The van der Waals surface area contributed by atoms with Crippen LogP contribution in [0.1, 0.15) is 36.5 Å². The number of rotatable bonds is 2. The highest BCUT2D eigenvalue weighted by Gasteiger charge is 2.14. The topological polar surface area (TPSA) is 21.6 Å². The molecule has 2 heteroatoms. The summed E-state index contributed by atoms with van der Waals surface area (Å²) in [7, 11) is 0. The molecule has 0 bridgehead atoms. The Labute approximate surface area is 113 Å². The molecule has 1 aliphatic rings. The lowest BCUT2D eigenvalue weighted by Gasteiger charge is -2.17. The molecule has 0 aromatic heterocycles. The normalized spacial score (nSPS) is 13.7. The average molecular weight is 251 g/mol. The molecular formula is C17H17NO. The lowest BCUT2D eigenvalue weighted by atomic mass is 10.0. The summed E-state index contributed by atoms with van der Waals surface area (Å²) in [5.74, 6) is 1.26. The summed E-state index contributed by atoms with van der Waals surface area (Å²) in [6.07, 6.45) is 0. The highest BCUT2D eigenvalue weighted by molar-refractivity contribution is 5.96. The van der Waals surface area contributed by atoms with E-state index >= 15 is 0 Å². The monoisotopic (exact) mass is 251 g/mol. The van der Waals surface area contributed by atoms with Crippen LogP contribution in [-0.2, 0) is 11.3 Å². The maximum absolute atomic E-state index is 5.74. The van der Waals surface area contributed by atoms with Crippen LogP contribution in [0.15, 0.2) is 53.5 Å². The van der Waals surface area contributed by atoms with E-state index in [-0.39, 0.29) is 0 Å². The summed E-state index contributed by atoms with van der Waals surface area (Å²) in [5.41, 5.74) is 4.53. The van der Waals surface area contributed by atoms with Crippen LogP contribution in [0.4, 0.5) is 5.69 Å². The standard InChI is InChI=1S/C17H17NO/c1-12(2)13-7-9-14(10-8-13)17-18-16-6-4-3-5-15(16)11-19-17/h3-10,12H,11H2,1-2H3.